The zero-order valence-electron chi connectivity index (χ0n) is 12.2. The van der Waals surface area contributed by atoms with Crippen LogP contribution in [-0.4, -0.2) is 8.42 Å². The summed E-state index contributed by atoms with van der Waals surface area (Å²) < 4.78 is 26.2. The van der Waals surface area contributed by atoms with Gasteiger partial charge in [-0.15, -0.1) is 0 Å². The first-order chi connectivity index (χ1) is 11.1. The molecule has 23 heavy (non-hydrogen) atoms. The van der Waals surface area contributed by atoms with E-state index in [0.29, 0.717) is 0 Å². The topological polar surface area (TPSA) is 43.4 Å². The second kappa shape index (κ2) is 8.81. The minimum absolute atomic E-state index is 0.175. The summed E-state index contributed by atoms with van der Waals surface area (Å²) in [5.74, 6) is 0. The third kappa shape index (κ3) is 5.46. The highest BCUT2D eigenvalue weighted by Gasteiger charge is 2.11. The highest BCUT2D eigenvalue weighted by atomic mass is 127. The number of hydrogen-bond donors (Lipinski definition) is 0. The predicted octanol–water partition coefficient (Wildman–Crippen LogP) is 5.10. The summed E-state index contributed by atoms with van der Waals surface area (Å²) in [5, 5.41) is 0. The summed E-state index contributed by atoms with van der Waals surface area (Å²) in [6.07, 6.45) is 0. The maximum atomic E-state index is 11.0. The fourth-order valence-corrected chi connectivity index (χ4v) is 3.07. The van der Waals surface area contributed by atoms with Gasteiger partial charge in [-0.1, -0.05) is 78.9 Å². The van der Waals surface area contributed by atoms with Crippen LogP contribution in [0, 0.1) is 0 Å². The highest BCUT2D eigenvalue weighted by Crippen LogP contribution is 2.17. The van der Waals surface area contributed by atoms with Gasteiger partial charge in [0.15, 0.2) is 0 Å². The molecule has 3 aromatic rings. The molecular weight excluding hydrogens is 423 g/mol. The van der Waals surface area contributed by atoms with E-state index < -0.39 is 10.1 Å². The summed E-state index contributed by atoms with van der Waals surface area (Å²) in [5.41, 5.74) is 2.55. The van der Waals surface area contributed by atoms with E-state index in [0.717, 1.165) is 0 Å². The quantitative estimate of drug-likeness (QED) is 0.535. The van der Waals surface area contributed by atoms with Crippen LogP contribution in [-0.2, 0) is 12.6 Å². The van der Waals surface area contributed by atoms with Crippen LogP contribution in [0.15, 0.2) is 95.9 Å². The lowest BCUT2D eigenvalue weighted by atomic mass is 10.1. The van der Waals surface area contributed by atoms with Gasteiger partial charge in [0, 0.05) is 0 Å². The predicted molar refractivity (Wildman–Crippen MR) is 101 cm³/mol. The minimum Gasteiger partial charge on any atom is -0.195 e. The molecule has 0 saturated carbocycles. The van der Waals surface area contributed by atoms with Crippen molar-refractivity contribution in [3.63, 3.8) is 0 Å². The van der Waals surface area contributed by atoms with Gasteiger partial charge in [-0.25, -0.2) is 0 Å². The van der Waals surface area contributed by atoms with Crippen molar-refractivity contribution in [3.8, 4) is 11.1 Å². The third-order valence-electron chi connectivity index (χ3n) is 3.00. The molecule has 3 nitrogen and oxygen atoms in total. The first-order valence-electron chi connectivity index (χ1n) is 6.84. The lowest BCUT2D eigenvalue weighted by molar-refractivity contribution is 0.536. The first kappa shape index (κ1) is 17.7. The molecule has 3 rings (SSSR count). The van der Waals surface area contributed by atoms with Crippen LogP contribution in [0.25, 0.3) is 11.1 Å². The molecule has 0 amide bonds. The molecule has 0 aliphatic heterocycles. The highest BCUT2D eigenvalue weighted by molar-refractivity contribution is 14.1. The molecule has 0 radical (unpaired) electrons. The van der Waals surface area contributed by atoms with Gasteiger partial charge in [-0.05, 0) is 23.3 Å². The van der Waals surface area contributed by atoms with Crippen molar-refractivity contribution in [2.45, 2.75) is 4.90 Å². The molecule has 3 aromatic carbocycles. The van der Waals surface area contributed by atoms with Crippen LogP contribution in [0.1, 0.15) is 0 Å². The molecule has 118 valence electrons. The molecule has 5 heteroatoms. The van der Waals surface area contributed by atoms with Crippen LogP contribution in [0.4, 0.5) is 0 Å². The smallest absolute Gasteiger partial charge is 0.195 e. The Bertz CT molecular complexity index is 767. The van der Waals surface area contributed by atoms with Gasteiger partial charge < -0.3 is 0 Å². The molecule has 0 unspecified atom stereocenters. The van der Waals surface area contributed by atoms with E-state index in [9.17, 15) is 8.42 Å². The summed E-state index contributed by atoms with van der Waals surface area (Å²) in [7, 11) is -3.51. The standard InChI is InChI=1S/C12H10.C6H5IO3S/c1-3-7-11(8-4-1)12-9-5-2-6-10-12;7-10-11(8,9)6-4-2-1-3-5-6/h1-10H;1-5H. The van der Waals surface area contributed by atoms with Crippen LogP contribution in [0.2, 0.25) is 0 Å². The molecule has 0 bridgehead atoms. The average Bonchev–Trinajstić information content (AvgIpc) is 2.64. The Morgan fingerprint density at radius 3 is 1.30 bits per heavy atom. The zero-order valence-corrected chi connectivity index (χ0v) is 15.1. The molecule has 0 N–H and O–H groups in total. The Morgan fingerprint density at radius 1 is 0.609 bits per heavy atom. The van der Waals surface area contributed by atoms with E-state index in [2.05, 4.69) is 51.0 Å². The zero-order chi connectivity index (χ0) is 16.5. The Balaban J connectivity index is 0.000000168. The van der Waals surface area contributed by atoms with Gasteiger partial charge in [0.25, 0.3) is 0 Å². The van der Waals surface area contributed by atoms with Gasteiger partial charge in [0.05, 0.1) is 4.90 Å². The number of halogens is 1. The van der Waals surface area contributed by atoms with Crippen molar-refractivity contribution < 1.29 is 10.9 Å². The SMILES string of the molecule is O=S(=O)(OI)c1ccccc1.c1ccc(-c2ccccc2)cc1. The fourth-order valence-electron chi connectivity index (χ4n) is 1.88. The fraction of sp³-hybridized carbons (Fsp3) is 0. The second-order valence-electron chi connectivity index (χ2n) is 4.56. The molecule has 0 saturated heterocycles. The van der Waals surface area contributed by atoms with Crippen LogP contribution in [0.3, 0.4) is 0 Å². The summed E-state index contributed by atoms with van der Waals surface area (Å²) >= 11 is 1.35. The van der Waals surface area contributed by atoms with E-state index >= 15 is 0 Å². The van der Waals surface area contributed by atoms with Crippen LogP contribution < -0.4 is 0 Å². The van der Waals surface area contributed by atoms with E-state index in [1.165, 1.54) is 46.3 Å². The van der Waals surface area contributed by atoms with Crippen molar-refractivity contribution in [3.05, 3.63) is 91.0 Å². The largest absolute Gasteiger partial charge is 0.306 e. The summed E-state index contributed by atoms with van der Waals surface area (Å²) in [4.78, 5) is 0.175. The number of benzene rings is 3. The molecule has 0 heterocycles. The Hall–Kier alpha value is -1.70. The average molecular weight is 438 g/mol. The van der Waals surface area contributed by atoms with Gasteiger partial charge in [0.2, 0.25) is 0 Å². The van der Waals surface area contributed by atoms with E-state index in [-0.39, 0.29) is 4.90 Å². The second-order valence-corrected chi connectivity index (χ2v) is 7.15. The van der Waals surface area contributed by atoms with Gasteiger partial charge >= 0.3 is 10.1 Å². The van der Waals surface area contributed by atoms with Crippen LogP contribution >= 0.6 is 23.0 Å². The molecule has 0 atom stereocenters. The summed E-state index contributed by atoms with van der Waals surface area (Å²) in [6.45, 7) is 0. The van der Waals surface area contributed by atoms with Crippen molar-refractivity contribution in [1.82, 2.24) is 0 Å². The monoisotopic (exact) mass is 438 g/mol. The lowest BCUT2D eigenvalue weighted by Crippen LogP contribution is -1.98. The minimum atomic E-state index is -3.51. The number of hydrogen-bond acceptors (Lipinski definition) is 3. The van der Waals surface area contributed by atoms with E-state index in [4.69, 9.17) is 0 Å². The number of rotatable bonds is 3. The van der Waals surface area contributed by atoms with Gasteiger partial charge in [-0.2, -0.15) is 10.9 Å². The Labute approximate surface area is 150 Å². The molecule has 0 aliphatic rings. The molecule has 0 fully saturated rings. The van der Waals surface area contributed by atoms with Crippen molar-refractivity contribution >= 4 is 33.1 Å². The van der Waals surface area contributed by atoms with Crippen molar-refractivity contribution in [2.75, 3.05) is 0 Å². The van der Waals surface area contributed by atoms with Gasteiger partial charge in [0.1, 0.15) is 23.0 Å². The third-order valence-corrected chi connectivity index (χ3v) is 5.43. The molecular formula is C18H15IO3S. The first-order valence-corrected chi connectivity index (χ1v) is 9.13. The Morgan fingerprint density at radius 2 is 0.957 bits per heavy atom. The molecule has 0 spiro atoms. The van der Waals surface area contributed by atoms with Gasteiger partial charge in [-0.3, -0.25) is 0 Å². The van der Waals surface area contributed by atoms with Crippen molar-refractivity contribution in [1.29, 1.82) is 0 Å². The molecule has 0 aliphatic carbocycles. The molecule has 0 aromatic heterocycles. The normalized spacial score (nSPS) is 10.5. The maximum Gasteiger partial charge on any atom is 0.306 e. The maximum absolute atomic E-state index is 11.0. The Kier molecular flexibility index (Phi) is 6.76. The van der Waals surface area contributed by atoms with E-state index in [1.54, 1.807) is 18.2 Å². The van der Waals surface area contributed by atoms with Crippen molar-refractivity contribution in [2.24, 2.45) is 0 Å². The lowest BCUT2D eigenvalue weighted by Gasteiger charge is -1.98. The van der Waals surface area contributed by atoms with Crippen LogP contribution in [0.5, 0.6) is 0 Å². The summed E-state index contributed by atoms with van der Waals surface area (Å²) in [6, 6.07) is 28.8. The van der Waals surface area contributed by atoms with E-state index in [1.807, 2.05) is 12.1 Å².